The second kappa shape index (κ2) is 10.7. The van der Waals surface area contributed by atoms with Gasteiger partial charge in [0, 0.05) is 0 Å². The first-order valence-corrected chi connectivity index (χ1v) is 7.72. The Kier molecular flexibility index (Phi) is 8.72. The highest BCUT2D eigenvalue weighted by atomic mass is 16.6. The van der Waals surface area contributed by atoms with Crippen LogP contribution in [0.1, 0.15) is 38.2 Å². The molecule has 0 heterocycles. The molecule has 0 fully saturated rings. The molecule has 1 atom stereocenters. The molecule has 0 aliphatic heterocycles. The molecule has 0 aliphatic rings. The van der Waals surface area contributed by atoms with Crippen molar-refractivity contribution in [3.8, 4) is 0 Å². The van der Waals surface area contributed by atoms with Crippen molar-refractivity contribution >= 4 is 12.1 Å². The molecule has 1 aromatic carbocycles. The third kappa shape index (κ3) is 7.11. The summed E-state index contributed by atoms with van der Waals surface area (Å²) >= 11 is 0. The van der Waals surface area contributed by atoms with Crippen LogP contribution in [-0.4, -0.2) is 31.8 Å². The molecule has 0 saturated heterocycles. The maximum atomic E-state index is 11.7. The van der Waals surface area contributed by atoms with Crippen LogP contribution in [0.3, 0.4) is 0 Å². The molecule has 122 valence electrons. The summed E-state index contributed by atoms with van der Waals surface area (Å²) in [4.78, 5) is 23.4. The lowest BCUT2D eigenvalue weighted by Crippen LogP contribution is -2.41. The van der Waals surface area contributed by atoms with Crippen LogP contribution in [0, 0.1) is 0 Å². The fraction of sp³-hybridized carbons (Fsp3) is 0.529. The Bertz CT molecular complexity index is 447. The number of alkyl carbamates (subject to hydrolysis) is 1. The Morgan fingerprint density at radius 3 is 2.55 bits per heavy atom. The summed E-state index contributed by atoms with van der Waals surface area (Å²) in [5, 5.41) is 2.58. The molecule has 1 N–H and O–H groups in total. The minimum Gasteiger partial charge on any atom is -0.467 e. The highest BCUT2D eigenvalue weighted by molar-refractivity contribution is 5.81. The van der Waals surface area contributed by atoms with Crippen LogP contribution in [0.25, 0.3) is 0 Å². The SMILES string of the molecule is CCCCOC(=O)NC(CCCc1ccccc1)C(=O)OC. The number of hydrogen-bond acceptors (Lipinski definition) is 4. The first kappa shape index (κ1) is 18.0. The minimum absolute atomic E-state index is 0.361. The summed E-state index contributed by atoms with van der Waals surface area (Å²) in [6.07, 6.45) is 3.34. The predicted molar refractivity (Wildman–Crippen MR) is 84.6 cm³/mol. The molecule has 0 spiro atoms. The van der Waals surface area contributed by atoms with Crippen molar-refractivity contribution in [2.75, 3.05) is 13.7 Å². The number of carbonyl (C=O) groups is 2. The fourth-order valence-corrected chi connectivity index (χ4v) is 2.04. The number of benzene rings is 1. The van der Waals surface area contributed by atoms with Gasteiger partial charge in [0.15, 0.2) is 0 Å². The van der Waals surface area contributed by atoms with Crippen LogP contribution < -0.4 is 5.32 Å². The number of hydrogen-bond donors (Lipinski definition) is 1. The molecular formula is C17H25NO4. The highest BCUT2D eigenvalue weighted by Crippen LogP contribution is 2.08. The molecule has 5 nitrogen and oxygen atoms in total. The van der Waals surface area contributed by atoms with Crippen LogP contribution in [0.5, 0.6) is 0 Å². The van der Waals surface area contributed by atoms with Crippen molar-refractivity contribution in [3.05, 3.63) is 35.9 Å². The van der Waals surface area contributed by atoms with E-state index in [0.717, 1.165) is 25.7 Å². The van der Waals surface area contributed by atoms with E-state index in [0.29, 0.717) is 13.0 Å². The Hall–Kier alpha value is -2.04. The van der Waals surface area contributed by atoms with Crippen LogP contribution in [0.2, 0.25) is 0 Å². The molecule has 1 rings (SSSR count). The number of amides is 1. The van der Waals surface area contributed by atoms with Gasteiger partial charge in [-0.15, -0.1) is 0 Å². The molecule has 0 saturated carbocycles. The Balaban J connectivity index is 2.40. The van der Waals surface area contributed by atoms with Gasteiger partial charge in [-0.1, -0.05) is 43.7 Å². The monoisotopic (exact) mass is 307 g/mol. The number of methoxy groups -OCH3 is 1. The third-order valence-electron chi connectivity index (χ3n) is 3.31. The first-order chi connectivity index (χ1) is 10.7. The van der Waals surface area contributed by atoms with E-state index in [-0.39, 0.29) is 0 Å². The maximum Gasteiger partial charge on any atom is 0.407 e. The zero-order valence-electron chi connectivity index (χ0n) is 13.3. The molecular weight excluding hydrogens is 282 g/mol. The second-order valence-electron chi connectivity index (χ2n) is 5.09. The van der Waals surface area contributed by atoms with E-state index in [1.54, 1.807) is 0 Å². The number of aryl methyl sites for hydroxylation is 1. The van der Waals surface area contributed by atoms with E-state index in [1.165, 1.54) is 12.7 Å². The number of esters is 1. The quantitative estimate of drug-likeness (QED) is 0.562. The van der Waals surface area contributed by atoms with Gasteiger partial charge in [0.05, 0.1) is 13.7 Å². The number of carbonyl (C=O) groups excluding carboxylic acids is 2. The maximum absolute atomic E-state index is 11.7. The van der Waals surface area contributed by atoms with E-state index in [2.05, 4.69) is 5.32 Å². The summed E-state index contributed by atoms with van der Waals surface area (Å²) in [6, 6.07) is 9.35. The van der Waals surface area contributed by atoms with Gasteiger partial charge in [-0.25, -0.2) is 9.59 Å². The van der Waals surface area contributed by atoms with Crippen molar-refractivity contribution < 1.29 is 19.1 Å². The van der Waals surface area contributed by atoms with Crippen LogP contribution in [0.15, 0.2) is 30.3 Å². The van der Waals surface area contributed by atoms with Crippen molar-refractivity contribution in [1.29, 1.82) is 0 Å². The van der Waals surface area contributed by atoms with E-state index >= 15 is 0 Å². The topological polar surface area (TPSA) is 64.6 Å². The third-order valence-corrected chi connectivity index (χ3v) is 3.31. The van der Waals surface area contributed by atoms with Crippen molar-refractivity contribution in [1.82, 2.24) is 5.32 Å². The van der Waals surface area contributed by atoms with Crippen molar-refractivity contribution in [3.63, 3.8) is 0 Å². The molecule has 1 unspecified atom stereocenters. The number of nitrogens with one attached hydrogen (secondary N) is 1. The molecule has 0 bridgehead atoms. The summed E-state index contributed by atoms with van der Waals surface area (Å²) in [6.45, 7) is 2.38. The van der Waals surface area contributed by atoms with Crippen LogP contribution in [-0.2, 0) is 20.7 Å². The lowest BCUT2D eigenvalue weighted by atomic mass is 10.0. The van der Waals surface area contributed by atoms with Gasteiger partial charge < -0.3 is 14.8 Å². The Morgan fingerprint density at radius 2 is 1.91 bits per heavy atom. The van der Waals surface area contributed by atoms with Gasteiger partial charge in [-0.2, -0.15) is 0 Å². The van der Waals surface area contributed by atoms with Gasteiger partial charge in [0.2, 0.25) is 0 Å². The summed E-state index contributed by atoms with van der Waals surface area (Å²) in [5.41, 5.74) is 1.21. The average molecular weight is 307 g/mol. The molecule has 1 aromatic rings. The molecule has 5 heteroatoms. The second-order valence-corrected chi connectivity index (χ2v) is 5.09. The highest BCUT2D eigenvalue weighted by Gasteiger charge is 2.21. The number of unbranched alkanes of at least 4 members (excludes halogenated alkanes) is 1. The molecule has 0 aromatic heterocycles. The first-order valence-electron chi connectivity index (χ1n) is 7.72. The normalized spacial score (nSPS) is 11.5. The van der Waals surface area contributed by atoms with E-state index in [1.807, 2.05) is 37.3 Å². The molecule has 0 radical (unpaired) electrons. The summed E-state index contributed by atoms with van der Waals surface area (Å²) < 4.78 is 9.75. The minimum atomic E-state index is -0.664. The van der Waals surface area contributed by atoms with Gasteiger partial charge in [0.25, 0.3) is 0 Å². The largest absolute Gasteiger partial charge is 0.467 e. The fourth-order valence-electron chi connectivity index (χ4n) is 2.04. The van der Waals surface area contributed by atoms with Crippen molar-refractivity contribution in [2.24, 2.45) is 0 Å². The van der Waals surface area contributed by atoms with Gasteiger partial charge in [-0.05, 0) is 31.2 Å². The zero-order valence-corrected chi connectivity index (χ0v) is 13.3. The summed E-state index contributed by atoms with van der Waals surface area (Å²) in [7, 11) is 1.32. The van der Waals surface area contributed by atoms with Gasteiger partial charge in [0.1, 0.15) is 6.04 Å². The molecule has 1 amide bonds. The van der Waals surface area contributed by atoms with Gasteiger partial charge >= 0.3 is 12.1 Å². The molecule has 0 aliphatic carbocycles. The van der Waals surface area contributed by atoms with E-state index < -0.39 is 18.1 Å². The molecule has 22 heavy (non-hydrogen) atoms. The predicted octanol–water partition coefficient (Wildman–Crippen LogP) is 3.08. The van der Waals surface area contributed by atoms with Crippen LogP contribution in [0.4, 0.5) is 4.79 Å². The van der Waals surface area contributed by atoms with E-state index in [4.69, 9.17) is 9.47 Å². The Labute approximate surface area is 132 Å². The van der Waals surface area contributed by atoms with Crippen LogP contribution >= 0.6 is 0 Å². The van der Waals surface area contributed by atoms with Gasteiger partial charge in [-0.3, -0.25) is 0 Å². The summed E-state index contributed by atoms with van der Waals surface area (Å²) in [5.74, 6) is -0.444. The lowest BCUT2D eigenvalue weighted by Gasteiger charge is -2.16. The standard InChI is InChI=1S/C17H25NO4/c1-3-4-13-22-17(20)18-15(16(19)21-2)12-8-11-14-9-6-5-7-10-14/h5-7,9-10,15H,3-4,8,11-13H2,1-2H3,(H,18,20). The average Bonchev–Trinajstić information content (AvgIpc) is 2.54. The Morgan fingerprint density at radius 1 is 1.18 bits per heavy atom. The smallest absolute Gasteiger partial charge is 0.407 e. The zero-order chi connectivity index (χ0) is 16.2. The number of rotatable bonds is 9. The lowest BCUT2D eigenvalue weighted by molar-refractivity contribution is -0.143. The number of ether oxygens (including phenoxy) is 2. The van der Waals surface area contributed by atoms with E-state index in [9.17, 15) is 9.59 Å². The van der Waals surface area contributed by atoms with Crippen molar-refractivity contribution in [2.45, 2.75) is 45.1 Å².